The van der Waals surface area contributed by atoms with E-state index in [-0.39, 0.29) is 30.1 Å². The van der Waals surface area contributed by atoms with E-state index >= 15 is 0 Å². The van der Waals surface area contributed by atoms with E-state index in [2.05, 4.69) is 5.32 Å². The zero-order chi connectivity index (χ0) is 26.3. The summed E-state index contributed by atoms with van der Waals surface area (Å²) >= 11 is 0. The molecule has 1 saturated heterocycles. The van der Waals surface area contributed by atoms with Crippen LogP contribution in [0.5, 0.6) is 0 Å². The van der Waals surface area contributed by atoms with Crippen molar-refractivity contribution in [2.75, 3.05) is 11.9 Å². The Kier molecular flexibility index (Phi) is 6.51. The number of hydrogen-bond donors (Lipinski definition) is 1. The maximum atomic E-state index is 13.3. The summed E-state index contributed by atoms with van der Waals surface area (Å²) in [5.74, 6) is -3.31. The number of fused-ring (bicyclic) bond motifs is 5. The van der Waals surface area contributed by atoms with E-state index in [0.717, 1.165) is 36.3 Å². The molecule has 3 amide bonds. The van der Waals surface area contributed by atoms with Crippen molar-refractivity contribution in [2.24, 2.45) is 23.7 Å². The van der Waals surface area contributed by atoms with Gasteiger partial charge in [-0.25, -0.2) is 4.79 Å². The lowest BCUT2D eigenvalue weighted by Crippen LogP contribution is -2.48. The number of carbonyl (C=O) groups is 4. The van der Waals surface area contributed by atoms with Crippen LogP contribution in [-0.4, -0.2) is 41.2 Å². The Morgan fingerprint density at radius 3 is 2.16 bits per heavy atom. The minimum absolute atomic E-state index is 0.00442. The van der Waals surface area contributed by atoms with E-state index in [0.29, 0.717) is 5.56 Å². The first-order valence-corrected chi connectivity index (χ1v) is 12.2. The van der Waals surface area contributed by atoms with Gasteiger partial charge in [0.25, 0.3) is 5.91 Å². The molecule has 194 valence electrons. The highest BCUT2D eigenvalue weighted by atomic mass is 19.4. The number of hydrogen-bond acceptors (Lipinski definition) is 5. The summed E-state index contributed by atoms with van der Waals surface area (Å²) in [6.07, 6.45) is -2.08. The molecule has 5 rings (SSSR count). The van der Waals surface area contributed by atoms with Crippen LogP contribution in [0.4, 0.5) is 18.9 Å². The van der Waals surface area contributed by atoms with Gasteiger partial charge in [-0.2, -0.15) is 13.2 Å². The molecule has 1 aliphatic heterocycles. The molecule has 2 saturated carbocycles. The Morgan fingerprint density at radius 1 is 0.946 bits per heavy atom. The predicted octanol–water partition coefficient (Wildman–Crippen LogP) is 3.83. The lowest BCUT2D eigenvalue weighted by molar-refractivity contribution is -0.160. The van der Waals surface area contributed by atoms with E-state index in [1.54, 1.807) is 30.3 Å². The van der Waals surface area contributed by atoms with Crippen molar-refractivity contribution in [3.05, 3.63) is 65.7 Å². The van der Waals surface area contributed by atoms with Crippen LogP contribution in [0.25, 0.3) is 0 Å². The predicted molar refractivity (Wildman–Crippen MR) is 125 cm³/mol. The standard InChI is InChI=1S/C27H25F3N2O5/c28-27(29,30)18-8-4-5-9-19(18)31-21(33)14-37-26(36)20(12-15-6-2-1-3-7-15)32-24(34)22-16-10-11-17(13-16)23(22)25(32)35/h1-9,16-17,20,22-23H,10-14H2,(H,31,33)/t16-,17-,20-,22+,23+/m0/s1. The summed E-state index contributed by atoms with van der Waals surface area (Å²) in [5, 5.41) is 2.12. The number of benzene rings is 2. The van der Waals surface area contributed by atoms with E-state index < -0.39 is 53.8 Å². The van der Waals surface area contributed by atoms with Gasteiger partial charge in [-0.3, -0.25) is 19.3 Å². The Bertz CT molecular complexity index is 1200. The highest BCUT2D eigenvalue weighted by Gasteiger charge is 2.62. The van der Waals surface area contributed by atoms with Crippen LogP contribution in [0.3, 0.4) is 0 Å². The first-order chi connectivity index (χ1) is 17.6. The summed E-state index contributed by atoms with van der Waals surface area (Å²) in [5.41, 5.74) is -0.815. The van der Waals surface area contributed by atoms with Gasteiger partial charge < -0.3 is 10.1 Å². The number of esters is 1. The van der Waals surface area contributed by atoms with Gasteiger partial charge in [-0.1, -0.05) is 42.5 Å². The van der Waals surface area contributed by atoms with Crippen LogP contribution in [0.15, 0.2) is 54.6 Å². The maximum absolute atomic E-state index is 13.3. The average Bonchev–Trinajstić information content (AvgIpc) is 3.55. The normalized spacial score (nSPS) is 25.2. The molecule has 1 heterocycles. The Morgan fingerprint density at radius 2 is 1.54 bits per heavy atom. The molecular weight excluding hydrogens is 489 g/mol. The summed E-state index contributed by atoms with van der Waals surface area (Å²) in [4.78, 5) is 53.3. The number of nitrogens with one attached hydrogen (secondary N) is 1. The molecule has 0 radical (unpaired) electrons. The number of ether oxygens (including phenoxy) is 1. The molecule has 0 unspecified atom stereocenters. The van der Waals surface area contributed by atoms with Crippen LogP contribution in [-0.2, 0) is 36.5 Å². The molecule has 2 aliphatic carbocycles. The zero-order valence-electron chi connectivity index (χ0n) is 19.7. The van der Waals surface area contributed by atoms with E-state index in [1.165, 1.54) is 12.1 Å². The first-order valence-electron chi connectivity index (χ1n) is 12.2. The number of nitrogens with zero attached hydrogens (tertiary/aromatic N) is 1. The summed E-state index contributed by atoms with van der Waals surface area (Å²) in [6, 6.07) is 12.0. The molecule has 10 heteroatoms. The number of carbonyl (C=O) groups excluding carboxylic acids is 4. The largest absolute Gasteiger partial charge is 0.454 e. The minimum Gasteiger partial charge on any atom is -0.454 e. The Balaban J connectivity index is 1.32. The van der Waals surface area contributed by atoms with Gasteiger partial charge in [-0.15, -0.1) is 0 Å². The average molecular weight is 515 g/mol. The smallest absolute Gasteiger partial charge is 0.418 e. The molecule has 3 fully saturated rings. The van der Waals surface area contributed by atoms with Crippen molar-refractivity contribution in [3.8, 4) is 0 Å². The number of halogens is 3. The van der Waals surface area contributed by atoms with Gasteiger partial charge in [0.1, 0.15) is 6.04 Å². The molecule has 3 aliphatic rings. The number of alkyl halides is 3. The Hall–Kier alpha value is -3.69. The fourth-order valence-corrected chi connectivity index (χ4v) is 6.11. The molecule has 37 heavy (non-hydrogen) atoms. The van der Waals surface area contributed by atoms with Gasteiger partial charge in [0.05, 0.1) is 23.1 Å². The van der Waals surface area contributed by atoms with Crippen LogP contribution < -0.4 is 5.32 Å². The van der Waals surface area contributed by atoms with Crippen LogP contribution in [0.1, 0.15) is 30.4 Å². The number of para-hydroxylation sites is 1. The number of likely N-dealkylation sites (tertiary alicyclic amines) is 1. The molecule has 2 aromatic carbocycles. The quantitative estimate of drug-likeness (QED) is 0.448. The van der Waals surface area contributed by atoms with Crippen molar-refractivity contribution < 1.29 is 37.1 Å². The topological polar surface area (TPSA) is 92.8 Å². The van der Waals surface area contributed by atoms with Crippen molar-refractivity contribution in [1.82, 2.24) is 4.90 Å². The molecular formula is C27H25F3N2O5. The van der Waals surface area contributed by atoms with Crippen molar-refractivity contribution >= 4 is 29.4 Å². The number of amides is 3. The highest BCUT2D eigenvalue weighted by molar-refractivity contribution is 6.08. The van der Waals surface area contributed by atoms with E-state index in [1.807, 2.05) is 0 Å². The van der Waals surface area contributed by atoms with Crippen LogP contribution >= 0.6 is 0 Å². The molecule has 7 nitrogen and oxygen atoms in total. The molecule has 0 aromatic heterocycles. The molecule has 2 aromatic rings. The lowest BCUT2D eigenvalue weighted by atomic mass is 9.81. The van der Waals surface area contributed by atoms with Gasteiger partial charge in [0.2, 0.25) is 11.8 Å². The van der Waals surface area contributed by atoms with Crippen molar-refractivity contribution in [2.45, 2.75) is 37.9 Å². The van der Waals surface area contributed by atoms with E-state index in [9.17, 15) is 32.3 Å². The second-order valence-corrected chi connectivity index (χ2v) is 9.84. The highest BCUT2D eigenvalue weighted by Crippen LogP contribution is 2.56. The van der Waals surface area contributed by atoms with Gasteiger partial charge in [0, 0.05) is 6.42 Å². The first kappa shape index (κ1) is 25.0. The van der Waals surface area contributed by atoms with E-state index in [4.69, 9.17) is 4.74 Å². The maximum Gasteiger partial charge on any atom is 0.418 e. The third-order valence-corrected chi connectivity index (χ3v) is 7.67. The molecule has 0 spiro atoms. The summed E-state index contributed by atoms with van der Waals surface area (Å²) in [7, 11) is 0. The third-order valence-electron chi connectivity index (χ3n) is 7.67. The van der Waals surface area contributed by atoms with Crippen LogP contribution in [0, 0.1) is 23.7 Å². The molecule has 2 bridgehead atoms. The second kappa shape index (κ2) is 9.64. The van der Waals surface area contributed by atoms with Crippen molar-refractivity contribution in [1.29, 1.82) is 0 Å². The van der Waals surface area contributed by atoms with Crippen LogP contribution in [0.2, 0.25) is 0 Å². The number of rotatable bonds is 7. The lowest BCUT2D eigenvalue weighted by Gasteiger charge is -2.26. The number of imide groups is 1. The second-order valence-electron chi connectivity index (χ2n) is 9.84. The molecule has 5 atom stereocenters. The third kappa shape index (κ3) is 4.72. The minimum atomic E-state index is -4.69. The SMILES string of the molecule is O=C(COC(=O)[C@H](Cc1ccccc1)N1C(=O)[C@@H]2[C@H]3CC[C@@H](C3)[C@H]2C1=O)Nc1ccccc1C(F)(F)F. The monoisotopic (exact) mass is 514 g/mol. The van der Waals surface area contributed by atoms with Gasteiger partial charge in [-0.05, 0) is 48.8 Å². The molecule has 1 N–H and O–H groups in total. The summed E-state index contributed by atoms with van der Waals surface area (Å²) in [6.45, 7) is -0.870. The fraction of sp³-hybridized carbons (Fsp3) is 0.407. The zero-order valence-corrected chi connectivity index (χ0v) is 19.7. The van der Waals surface area contributed by atoms with Gasteiger partial charge >= 0.3 is 12.1 Å². The summed E-state index contributed by atoms with van der Waals surface area (Å²) < 4.78 is 44.8. The number of anilines is 1. The fourth-order valence-electron chi connectivity index (χ4n) is 6.11. The van der Waals surface area contributed by atoms with Gasteiger partial charge in [0.15, 0.2) is 6.61 Å². The Labute approximate surface area is 211 Å². The van der Waals surface area contributed by atoms with Crippen molar-refractivity contribution in [3.63, 3.8) is 0 Å².